The number of rotatable bonds is 6. The molecule has 6 nitrogen and oxygen atoms in total. The molecular weight excluding hydrogens is 316 g/mol. The molecule has 1 atom stereocenters. The zero-order valence-electron chi connectivity index (χ0n) is 14.6. The molecule has 0 amide bonds. The highest BCUT2D eigenvalue weighted by Gasteiger charge is 2.27. The van der Waals surface area contributed by atoms with Crippen LogP contribution in [0.4, 0.5) is 0 Å². The van der Waals surface area contributed by atoms with Crippen molar-refractivity contribution in [3.05, 3.63) is 48.3 Å². The van der Waals surface area contributed by atoms with Crippen LogP contribution in [0.3, 0.4) is 0 Å². The van der Waals surface area contributed by atoms with Gasteiger partial charge in [0.05, 0.1) is 31.3 Å². The number of pyridine rings is 1. The molecule has 2 aromatic rings. The van der Waals surface area contributed by atoms with Crippen LogP contribution in [0.25, 0.3) is 0 Å². The molecule has 0 radical (unpaired) electrons. The molecule has 0 N–H and O–H groups in total. The second-order valence-electron chi connectivity index (χ2n) is 7.07. The van der Waals surface area contributed by atoms with Crippen LogP contribution in [0.5, 0.6) is 0 Å². The van der Waals surface area contributed by atoms with Crippen molar-refractivity contribution in [3.63, 3.8) is 0 Å². The zero-order chi connectivity index (χ0) is 16.9. The molecule has 1 unspecified atom stereocenters. The molecule has 0 saturated carbocycles. The summed E-state index contributed by atoms with van der Waals surface area (Å²) >= 11 is 0. The fourth-order valence-corrected chi connectivity index (χ4v) is 3.82. The molecule has 0 bridgehead atoms. The molecule has 0 aromatic carbocycles. The van der Waals surface area contributed by atoms with Crippen LogP contribution in [0.1, 0.15) is 30.1 Å². The first-order valence-corrected chi connectivity index (χ1v) is 9.16. The maximum Gasteiger partial charge on any atom is 0.0952 e. The Morgan fingerprint density at radius 3 is 2.84 bits per heavy atom. The van der Waals surface area contributed by atoms with Gasteiger partial charge in [-0.25, -0.2) is 4.98 Å². The summed E-state index contributed by atoms with van der Waals surface area (Å²) < 4.78 is 13.8. The number of hydrogen-bond donors (Lipinski definition) is 0. The predicted molar refractivity (Wildman–Crippen MR) is 94.0 cm³/mol. The third-order valence-electron chi connectivity index (χ3n) is 5.18. The Hall–Kier alpha value is -1.76. The standard InChI is InChI=1S/C19H26N4O2/c1-5-20-6-2-17(1)13-25-14-19-12-22(10-16-3-7-24-8-4-16)11-18-9-21-15-23(18)19/h1-2,5-6,9,15-16,19H,3-4,7-8,10-14H2. The molecule has 1 saturated heterocycles. The van der Waals surface area contributed by atoms with Gasteiger partial charge < -0.3 is 14.0 Å². The Morgan fingerprint density at radius 1 is 1.16 bits per heavy atom. The van der Waals surface area contributed by atoms with E-state index in [9.17, 15) is 0 Å². The Morgan fingerprint density at radius 2 is 2.00 bits per heavy atom. The van der Waals surface area contributed by atoms with Crippen molar-refractivity contribution in [2.75, 3.05) is 32.9 Å². The molecule has 4 heterocycles. The molecule has 2 aliphatic heterocycles. The van der Waals surface area contributed by atoms with Crippen LogP contribution in [-0.2, 0) is 22.6 Å². The van der Waals surface area contributed by atoms with Crippen molar-refractivity contribution in [1.82, 2.24) is 19.4 Å². The van der Waals surface area contributed by atoms with E-state index < -0.39 is 0 Å². The number of hydrogen-bond acceptors (Lipinski definition) is 5. The number of aromatic nitrogens is 3. The summed E-state index contributed by atoms with van der Waals surface area (Å²) in [6.07, 6.45) is 9.91. The van der Waals surface area contributed by atoms with Crippen LogP contribution >= 0.6 is 0 Å². The average molecular weight is 342 g/mol. The predicted octanol–water partition coefficient (Wildman–Crippen LogP) is 2.28. The van der Waals surface area contributed by atoms with Gasteiger partial charge in [0, 0.05) is 51.4 Å². The summed E-state index contributed by atoms with van der Waals surface area (Å²) in [5.74, 6) is 0.751. The molecule has 6 heteroatoms. The molecule has 25 heavy (non-hydrogen) atoms. The Kier molecular flexibility index (Phi) is 5.40. The lowest BCUT2D eigenvalue weighted by Crippen LogP contribution is -2.41. The highest BCUT2D eigenvalue weighted by Crippen LogP contribution is 2.24. The monoisotopic (exact) mass is 342 g/mol. The lowest BCUT2D eigenvalue weighted by atomic mass is 9.99. The van der Waals surface area contributed by atoms with E-state index >= 15 is 0 Å². The first kappa shape index (κ1) is 16.7. The average Bonchev–Trinajstić information content (AvgIpc) is 3.12. The maximum atomic E-state index is 6.00. The summed E-state index contributed by atoms with van der Waals surface area (Å²) in [6, 6.07) is 4.33. The summed E-state index contributed by atoms with van der Waals surface area (Å²) in [4.78, 5) is 11.0. The summed E-state index contributed by atoms with van der Waals surface area (Å²) in [6.45, 7) is 6.31. The van der Waals surface area contributed by atoms with E-state index in [0.29, 0.717) is 19.3 Å². The van der Waals surface area contributed by atoms with E-state index in [2.05, 4.69) is 19.4 Å². The van der Waals surface area contributed by atoms with Gasteiger partial charge in [-0.15, -0.1) is 0 Å². The molecule has 1 fully saturated rings. The minimum atomic E-state index is 0.327. The highest BCUT2D eigenvalue weighted by atomic mass is 16.5. The minimum absolute atomic E-state index is 0.327. The number of ether oxygens (including phenoxy) is 2. The van der Waals surface area contributed by atoms with Gasteiger partial charge in [-0.05, 0) is 36.5 Å². The molecule has 134 valence electrons. The Bertz CT molecular complexity index is 654. The minimum Gasteiger partial charge on any atom is -0.381 e. The topological polar surface area (TPSA) is 52.4 Å². The van der Waals surface area contributed by atoms with Gasteiger partial charge in [-0.3, -0.25) is 9.88 Å². The van der Waals surface area contributed by atoms with Gasteiger partial charge in [0.15, 0.2) is 0 Å². The second kappa shape index (κ2) is 8.08. The Labute approximate surface area is 148 Å². The third-order valence-corrected chi connectivity index (χ3v) is 5.18. The SMILES string of the molecule is c1cc(COCC2CN(CC3CCOCC3)Cc3cncn32)ccn1. The summed E-state index contributed by atoms with van der Waals surface area (Å²) in [5, 5.41) is 0. The fourth-order valence-electron chi connectivity index (χ4n) is 3.82. The van der Waals surface area contributed by atoms with Crippen LogP contribution in [0.2, 0.25) is 0 Å². The van der Waals surface area contributed by atoms with Gasteiger partial charge in [-0.1, -0.05) is 0 Å². The van der Waals surface area contributed by atoms with Gasteiger partial charge in [0.25, 0.3) is 0 Å². The lowest BCUT2D eigenvalue weighted by Gasteiger charge is -2.37. The molecule has 0 spiro atoms. The number of fused-ring (bicyclic) bond motifs is 1. The van der Waals surface area contributed by atoms with Crippen molar-refractivity contribution < 1.29 is 9.47 Å². The summed E-state index contributed by atoms with van der Waals surface area (Å²) in [5.41, 5.74) is 2.45. The van der Waals surface area contributed by atoms with E-state index in [1.165, 1.54) is 18.5 Å². The summed E-state index contributed by atoms with van der Waals surface area (Å²) in [7, 11) is 0. The lowest BCUT2D eigenvalue weighted by molar-refractivity contribution is 0.0313. The van der Waals surface area contributed by atoms with Crippen molar-refractivity contribution in [1.29, 1.82) is 0 Å². The van der Waals surface area contributed by atoms with E-state index in [1.54, 1.807) is 0 Å². The largest absolute Gasteiger partial charge is 0.381 e. The zero-order valence-corrected chi connectivity index (χ0v) is 14.6. The number of nitrogens with zero attached hydrogens (tertiary/aromatic N) is 4. The molecule has 4 rings (SSSR count). The smallest absolute Gasteiger partial charge is 0.0952 e. The number of imidazole rings is 1. The van der Waals surface area contributed by atoms with E-state index in [-0.39, 0.29) is 0 Å². The van der Waals surface area contributed by atoms with Gasteiger partial charge in [-0.2, -0.15) is 0 Å². The third kappa shape index (κ3) is 4.26. The van der Waals surface area contributed by atoms with E-state index in [4.69, 9.17) is 9.47 Å². The normalized spacial score (nSPS) is 22.0. The quantitative estimate of drug-likeness (QED) is 0.806. The van der Waals surface area contributed by atoms with Crippen molar-refractivity contribution >= 4 is 0 Å². The van der Waals surface area contributed by atoms with Gasteiger partial charge in [0.1, 0.15) is 0 Å². The molecule has 2 aromatic heterocycles. The maximum absolute atomic E-state index is 6.00. The van der Waals surface area contributed by atoms with E-state index in [1.807, 2.05) is 37.1 Å². The van der Waals surface area contributed by atoms with Crippen molar-refractivity contribution in [3.8, 4) is 0 Å². The van der Waals surface area contributed by atoms with Gasteiger partial charge in [0.2, 0.25) is 0 Å². The van der Waals surface area contributed by atoms with Crippen LogP contribution in [-0.4, -0.2) is 52.3 Å². The van der Waals surface area contributed by atoms with E-state index in [0.717, 1.165) is 44.3 Å². The fraction of sp³-hybridized carbons (Fsp3) is 0.579. The molecule has 2 aliphatic rings. The van der Waals surface area contributed by atoms with Crippen LogP contribution in [0, 0.1) is 5.92 Å². The van der Waals surface area contributed by atoms with Crippen LogP contribution in [0.15, 0.2) is 37.1 Å². The first-order chi connectivity index (χ1) is 12.4. The second-order valence-corrected chi connectivity index (χ2v) is 7.07. The van der Waals surface area contributed by atoms with Crippen molar-refractivity contribution in [2.45, 2.75) is 32.0 Å². The molecule has 0 aliphatic carbocycles. The van der Waals surface area contributed by atoms with Crippen LogP contribution < -0.4 is 0 Å². The van der Waals surface area contributed by atoms with Crippen molar-refractivity contribution in [2.24, 2.45) is 5.92 Å². The Balaban J connectivity index is 1.35. The van der Waals surface area contributed by atoms with Gasteiger partial charge >= 0.3 is 0 Å². The highest BCUT2D eigenvalue weighted by molar-refractivity contribution is 5.08. The molecular formula is C19H26N4O2. The first-order valence-electron chi connectivity index (χ1n) is 9.16.